The number of aromatic nitrogens is 4. The van der Waals surface area contributed by atoms with E-state index in [0.29, 0.717) is 0 Å². The number of hydrogen-bond acceptors (Lipinski definition) is 4. The van der Waals surface area contributed by atoms with Crippen molar-refractivity contribution in [1.82, 2.24) is 19.9 Å². The van der Waals surface area contributed by atoms with Crippen molar-refractivity contribution in [3.8, 4) is 22.5 Å². The standard InChI is InChI=1S/2C18H12N2.Cu.F6P/c2*1-2-5-13(6-3-1)16-11-10-15-9-8-14-7-4-12-19-17(14)18(15)20-16;;1-7(2,3,4,5)6/h2*1-12H;;/q;;+1;-1. The first-order valence-corrected chi connectivity index (χ1v) is 16.3. The van der Waals surface area contributed by atoms with Crippen LogP contribution < -0.4 is 0 Å². The molecule has 8 aromatic rings. The zero-order chi connectivity index (χ0) is 33.1. The maximum atomic E-state index is 9.87. The fourth-order valence-electron chi connectivity index (χ4n) is 4.99. The second-order valence-corrected chi connectivity index (χ2v) is 12.4. The smallest absolute Gasteiger partial charge is 0.254 e. The Balaban J connectivity index is 0.000000155. The molecule has 0 N–H and O–H groups in total. The molecule has 4 aromatic heterocycles. The first-order chi connectivity index (χ1) is 22.3. The van der Waals surface area contributed by atoms with Crippen molar-refractivity contribution in [3.63, 3.8) is 0 Å². The summed E-state index contributed by atoms with van der Waals surface area (Å²) >= 11 is 0. The Morgan fingerprint density at radius 1 is 0.354 bits per heavy atom. The van der Waals surface area contributed by atoms with Crippen molar-refractivity contribution in [3.05, 3.63) is 146 Å². The van der Waals surface area contributed by atoms with Gasteiger partial charge in [-0.25, -0.2) is 9.97 Å². The van der Waals surface area contributed by atoms with Gasteiger partial charge in [-0.1, -0.05) is 109 Å². The Labute approximate surface area is 281 Å². The van der Waals surface area contributed by atoms with E-state index in [0.717, 1.165) is 66.1 Å². The molecule has 0 atom stereocenters. The molecule has 0 amide bonds. The molecular weight excluding hydrogens is 697 g/mol. The second-order valence-electron chi connectivity index (χ2n) is 10.5. The van der Waals surface area contributed by atoms with Gasteiger partial charge in [-0.05, 0) is 24.3 Å². The molecule has 0 aliphatic heterocycles. The molecule has 12 heteroatoms. The number of fused-ring (bicyclic) bond motifs is 6. The fraction of sp³-hybridized carbons (Fsp3) is 0. The molecule has 0 saturated carbocycles. The molecule has 0 bridgehead atoms. The Hall–Kier alpha value is -4.95. The Kier molecular flexibility index (Phi) is 9.26. The molecular formula is C36H24CuF6N4P. The van der Waals surface area contributed by atoms with E-state index < -0.39 is 7.81 Å². The summed E-state index contributed by atoms with van der Waals surface area (Å²) in [4.78, 5) is 18.6. The minimum absolute atomic E-state index is 0. The molecule has 0 aliphatic rings. The maximum Gasteiger partial charge on any atom is 1.00 e. The fourth-order valence-corrected chi connectivity index (χ4v) is 4.99. The van der Waals surface area contributed by atoms with Crippen LogP contribution in [0.25, 0.3) is 66.1 Å². The number of hydrogen-bond donors (Lipinski definition) is 0. The molecule has 0 aliphatic carbocycles. The summed E-state index contributed by atoms with van der Waals surface area (Å²) < 4.78 is 59.2. The van der Waals surface area contributed by atoms with Gasteiger partial charge in [0.25, 0.3) is 0 Å². The van der Waals surface area contributed by atoms with E-state index in [1.807, 2.05) is 60.9 Å². The second kappa shape index (κ2) is 12.9. The molecule has 4 aromatic carbocycles. The predicted octanol–water partition coefficient (Wildman–Crippen LogP) is 12.3. The Morgan fingerprint density at radius 3 is 1.02 bits per heavy atom. The SMILES string of the molecule is F[P-](F)(F)(F)(F)F.[Cu+].c1ccc(-c2ccc3ccc4cccnc4c3n2)cc1.c1ccc(-c2ccc3ccc4cccnc4c3n2)cc1. The van der Waals surface area contributed by atoms with Crippen LogP contribution in [0.2, 0.25) is 0 Å². The van der Waals surface area contributed by atoms with Gasteiger partial charge >= 0.3 is 50.1 Å². The van der Waals surface area contributed by atoms with E-state index >= 15 is 0 Å². The van der Waals surface area contributed by atoms with Crippen LogP contribution in [0.15, 0.2) is 146 Å². The average Bonchev–Trinajstić information content (AvgIpc) is 3.07. The van der Waals surface area contributed by atoms with Crippen LogP contribution in [0.1, 0.15) is 0 Å². The molecule has 0 unspecified atom stereocenters. The molecule has 8 rings (SSSR count). The van der Waals surface area contributed by atoms with Gasteiger partial charge in [0, 0.05) is 45.1 Å². The summed E-state index contributed by atoms with van der Waals surface area (Å²) in [7, 11) is -10.7. The number of rotatable bonds is 2. The summed E-state index contributed by atoms with van der Waals surface area (Å²) in [5.41, 5.74) is 8.07. The molecule has 0 saturated heterocycles. The van der Waals surface area contributed by atoms with E-state index in [9.17, 15) is 25.2 Å². The first-order valence-electron chi connectivity index (χ1n) is 14.2. The maximum absolute atomic E-state index is 10.7. The Morgan fingerprint density at radius 2 is 0.667 bits per heavy atom. The van der Waals surface area contributed by atoms with Gasteiger partial charge in [0.15, 0.2) is 0 Å². The zero-order valence-corrected chi connectivity index (χ0v) is 26.5. The van der Waals surface area contributed by atoms with Crippen LogP contribution >= 0.6 is 7.81 Å². The number of nitrogens with zero attached hydrogens (tertiary/aromatic N) is 4. The van der Waals surface area contributed by atoms with Crippen molar-refractivity contribution in [1.29, 1.82) is 0 Å². The molecule has 0 fully saturated rings. The zero-order valence-electron chi connectivity index (χ0n) is 24.7. The van der Waals surface area contributed by atoms with Gasteiger partial charge in [-0.2, -0.15) is 0 Å². The molecule has 0 spiro atoms. The molecule has 0 radical (unpaired) electrons. The van der Waals surface area contributed by atoms with Crippen molar-refractivity contribution in [2.24, 2.45) is 0 Å². The van der Waals surface area contributed by atoms with Crippen LogP contribution in [-0.4, -0.2) is 19.9 Å². The number of halogens is 6. The van der Waals surface area contributed by atoms with Gasteiger partial charge in [0.1, 0.15) is 0 Å². The van der Waals surface area contributed by atoms with Crippen molar-refractivity contribution in [2.45, 2.75) is 0 Å². The monoisotopic (exact) mass is 720 g/mol. The van der Waals surface area contributed by atoms with Gasteiger partial charge in [0.05, 0.1) is 33.5 Å². The normalized spacial score (nSPS) is 12.5. The summed E-state index contributed by atoms with van der Waals surface area (Å²) in [6, 6.07) is 45.2. The topological polar surface area (TPSA) is 51.6 Å². The molecule has 4 heterocycles. The molecule has 48 heavy (non-hydrogen) atoms. The van der Waals surface area contributed by atoms with E-state index in [2.05, 4.69) is 94.9 Å². The van der Waals surface area contributed by atoms with Crippen LogP contribution in [0.3, 0.4) is 0 Å². The van der Waals surface area contributed by atoms with Gasteiger partial charge in [0.2, 0.25) is 0 Å². The third-order valence-corrected chi connectivity index (χ3v) is 7.00. The summed E-state index contributed by atoms with van der Waals surface area (Å²) in [5.74, 6) is 0. The van der Waals surface area contributed by atoms with Crippen molar-refractivity contribution in [2.75, 3.05) is 0 Å². The quantitative estimate of drug-likeness (QED) is 0.0772. The van der Waals surface area contributed by atoms with Crippen molar-refractivity contribution < 1.29 is 42.3 Å². The number of pyridine rings is 4. The summed E-state index contributed by atoms with van der Waals surface area (Å²) in [6.45, 7) is 0. The van der Waals surface area contributed by atoms with E-state index in [1.54, 1.807) is 0 Å². The predicted molar refractivity (Wildman–Crippen MR) is 179 cm³/mol. The Bertz CT molecular complexity index is 2200. The van der Waals surface area contributed by atoms with E-state index in [1.165, 1.54) is 0 Å². The van der Waals surface area contributed by atoms with E-state index in [-0.39, 0.29) is 17.1 Å². The third kappa shape index (κ3) is 9.10. The van der Waals surface area contributed by atoms with Crippen LogP contribution in [0, 0.1) is 0 Å². The van der Waals surface area contributed by atoms with Gasteiger partial charge < -0.3 is 0 Å². The minimum atomic E-state index is -10.7. The number of benzene rings is 4. The van der Waals surface area contributed by atoms with Gasteiger partial charge in [-0.15, -0.1) is 0 Å². The minimum Gasteiger partial charge on any atom is -0.254 e. The first kappa shape index (κ1) is 34.4. The van der Waals surface area contributed by atoms with Crippen LogP contribution in [0.4, 0.5) is 25.2 Å². The molecule has 246 valence electrons. The van der Waals surface area contributed by atoms with Gasteiger partial charge in [-0.3, -0.25) is 9.97 Å². The summed E-state index contributed by atoms with van der Waals surface area (Å²) in [6.07, 6.45) is 3.64. The van der Waals surface area contributed by atoms with Crippen molar-refractivity contribution >= 4 is 51.4 Å². The van der Waals surface area contributed by atoms with E-state index in [4.69, 9.17) is 9.97 Å². The third-order valence-electron chi connectivity index (χ3n) is 7.00. The average molecular weight is 721 g/mol. The largest absolute Gasteiger partial charge is 1.00 e. The summed E-state index contributed by atoms with van der Waals surface area (Å²) in [5, 5.41) is 4.49. The van der Waals surface area contributed by atoms with Crippen LogP contribution in [-0.2, 0) is 17.1 Å². The van der Waals surface area contributed by atoms with Crippen LogP contribution in [0.5, 0.6) is 0 Å². The molecule has 4 nitrogen and oxygen atoms in total.